The van der Waals surface area contributed by atoms with Crippen molar-refractivity contribution in [2.45, 2.75) is 33.7 Å². The lowest BCUT2D eigenvalue weighted by Gasteiger charge is -2.22. The van der Waals surface area contributed by atoms with Gasteiger partial charge in [-0.3, -0.25) is 0 Å². The molecular weight excluding hydrogens is 258 g/mol. The van der Waals surface area contributed by atoms with E-state index in [0.717, 1.165) is 13.1 Å². The van der Waals surface area contributed by atoms with E-state index < -0.39 is 0 Å². The van der Waals surface area contributed by atoms with E-state index in [1.54, 1.807) is 11.3 Å². The van der Waals surface area contributed by atoms with Gasteiger partial charge in [0.05, 0.1) is 3.79 Å². The fourth-order valence-corrected chi connectivity index (χ4v) is 2.55. The molecule has 80 valence electrons. The van der Waals surface area contributed by atoms with Gasteiger partial charge in [0.2, 0.25) is 0 Å². The van der Waals surface area contributed by atoms with Crippen LogP contribution in [0.25, 0.3) is 0 Å². The molecule has 0 aliphatic carbocycles. The SMILES string of the molecule is CCC(C)(C)CNCc1ccc(Br)s1. The average molecular weight is 276 g/mol. The van der Waals surface area contributed by atoms with Crippen molar-refractivity contribution in [1.82, 2.24) is 5.32 Å². The van der Waals surface area contributed by atoms with Gasteiger partial charge in [-0.15, -0.1) is 11.3 Å². The van der Waals surface area contributed by atoms with Crippen molar-refractivity contribution in [3.8, 4) is 0 Å². The summed E-state index contributed by atoms with van der Waals surface area (Å²) in [4.78, 5) is 1.39. The zero-order valence-electron chi connectivity index (χ0n) is 9.06. The molecule has 1 rings (SSSR count). The van der Waals surface area contributed by atoms with E-state index in [-0.39, 0.29) is 0 Å². The van der Waals surface area contributed by atoms with Gasteiger partial charge >= 0.3 is 0 Å². The third-order valence-corrected chi connectivity index (χ3v) is 4.11. The normalized spacial score (nSPS) is 12.0. The first kappa shape index (κ1) is 12.2. The van der Waals surface area contributed by atoms with E-state index in [1.165, 1.54) is 15.1 Å². The summed E-state index contributed by atoms with van der Waals surface area (Å²) in [7, 11) is 0. The molecule has 1 heterocycles. The Balaban J connectivity index is 2.28. The molecule has 3 heteroatoms. The highest BCUT2D eigenvalue weighted by molar-refractivity contribution is 9.11. The summed E-state index contributed by atoms with van der Waals surface area (Å²) in [5.41, 5.74) is 0.411. The highest BCUT2D eigenvalue weighted by atomic mass is 79.9. The smallest absolute Gasteiger partial charge is 0.0701 e. The summed E-state index contributed by atoms with van der Waals surface area (Å²) in [5.74, 6) is 0. The van der Waals surface area contributed by atoms with Crippen molar-refractivity contribution in [2.24, 2.45) is 5.41 Å². The van der Waals surface area contributed by atoms with Gasteiger partial charge in [-0.1, -0.05) is 20.8 Å². The molecule has 0 bridgehead atoms. The Morgan fingerprint density at radius 1 is 1.43 bits per heavy atom. The van der Waals surface area contributed by atoms with Gasteiger partial charge < -0.3 is 5.32 Å². The zero-order valence-corrected chi connectivity index (χ0v) is 11.5. The van der Waals surface area contributed by atoms with Crippen LogP contribution in [0.2, 0.25) is 0 Å². The fourth-order valence-electron chi connectivity index (χ4n) is 1.10. The lowest BCUT2D eigenvalue weighted by Crippen LogP contribution is -2.28. The quantitative estimate of drug-likeness (QED) is 0.856. The molecule has 1 aromatic rings. The van der Waals surface area contributed by atoms with Crippen LogP contribution < -0.4 is 5.32 Å². The third kappa shape index (κ3) is 4.11. The molecule has 14 heavy (non-hydrogen) atoms. The van der Waals surface area contributed by atoms with Crippen molar-refractivity contribution in [3.05, 3.63) is 20.8 Å². The average Bonchev–Trinajstić information content (AvgIpc) is 2.51. The zero-order chi connectivity index (χ0) is 10.6. The van der Waals surface area contributed by atoms with Gasteiger partial charge in [0, 0.05) is 18.0 Å². The molecule has 0 amide bonds. The topological polar surface area (TPSA) is 12.0 Å². The molecule has 0 aromatic carbocycles. The maximum atomic E-state index is 3.50. The lowest BCUT2D eigenvalue weighted by atomic mass is 9.90. The monoisotopic (exact) mass is 275 g/mol. The Kier molecular flexibility index (Phi) is 4.61. The van der Waals surface area contributed by atoms with E-state index in [1.807, 2.05) is 0 Å². The van der Waals surface area contributed by atoms with Crippen molar-refractivity contribution in [1.29, 1.82) is 0 Å². The molecule has 0 atom stereocenters. The number of halogens is 1. The van der Waals surface area contributed by atoms with Crippen molar-refractivity contribution in [3.63, 3.8) is 0 Å². The van der Waals surface area contributed by atoms with Gasteiger partial charge in [0.25, 0.3) is 0 Å². The molecule has 1 nitrogen and oxygen atoms in total. The van der Waals surface area contributed by atoms with Crippen LogP contribution in [0.4, 0.5) is 0 Å². The first-order chi connectivity index (χ1) is 6.53. The van der Waals surface area contributed by atoms with E-state index in [2.05, 4.69) is 54.2 Å². The van der Waals surface area contributed by atoms with E-state index in [9.17, 15) is 0 Å². The Morgan fingerprint density at radius 3 is 2.64 bits per heavy atom. The summed E-state index contributed by atoms with van der Waals surface area (Å²) >= 11 is 5.27. The second-order valence-corrected chi connectivity index (χ2v) is 6.87. The predicted molar refractivity (Wildman–Crippen MR) is 67.8 cm³/mol. The molecule has 0 aliphatic heterocycles. The summed E-state index contributed by atoms with van der Waals surface area (Å²) in [6.45, 7) is 8.90. The minimum absolute atomic E-state index is 0.411. The molecule has 1 aromatic heterocycles. The lowest BCUT2D eigenvalue weighted by molar-refractivity contribution is 0.328. The first-order valence-electron chi connectivity index (χ1n) is 4.98. The standard InChI is InChI=1S/C11H18BrNS/c1-4-11(2,3)8-13-7-9-5-6-10(12)14-9/h5-6,13H,4,7-8H2,1-3H3. The molecular formula is C11H18BrNS. The van der Waals surface area contributed by atoms with Gasteiger partial charge in [0.15, 0.2) is 0 Å². The summed E-state index contributed by atoms with van der Waals surface area (Å²) in [6.07, 6.45) is 1.22. The number of nitrogens with one attached hydrogen (secondary N) is 1. The predicted octanol–water partition coefficient (Wildman–Crippen LogP) is 4.04. The van der Waals surface area contributed by atoms with E-state index in [0.29, 0.717) is 5.41 Å². The maximum Gasteiger partial charge on any atom is 0.0701 e. The number of hydrogen-bond donors (Lipinski definition) is 1. The molecule has 0 radical (unpaired) electrons. The largest absolute Gasteiger partial charge is 0.311 e. The molecule has 0 fully saturated rings. The summed E-state index contributed by atoms with van der Waals surface area (Å²) in [5, 5.41) is 3.50. The highest BCUT2D eigenvalue weighted by Gasteiger charge is 2.13. The van der Waals surface area contributed by atoms with Crippen LogP contribution in [0.15, 0.2) is 15.9 Å². The summed E-state index contributed by atoms with van der Waals surface area (Å²) < 4.78 is 1.21. The van der Waals surface area contributed by atoms with Crippen LogP contribution >= 0.6 is 27.3 Å². The number of rotatable bonds is 5. The molecule has 0 spiro atoms. The second kappa shape index (κ2) is 5.29. The second-order valence-electron chi connectivity index (χ2n) is 4.33. The summed E-state index contributed by atoms with van der Waals surface area (Å²) in [6, 6.07) is 4.27. The van der Waals surface area contributed by atoms with Crippen LogP contribution in [0.1, 0.15) is 32.1 Å². The molecule has 0 saturated carbocycles. The van der Waals surface area contributed by atoms with Gasteiger partial charge in [-0.05, 0) is 39.9 Å². The fraction of sp³-hybridized carbons (Fsp3) is 0.636. The van der Waals surface area contributed by atoms with Crippen molar-refractivity contribution in [2.75, 3.05) is 6.54 Å². The Hall–Kier alpha value is 0.140. The Morgan fingerprint density at radius 2 is 2.14 bits per heavy atom. The first-order valence-corrected chi connectivity index (χ1v) is 6.59. The van der Waals surface area contributed by atoms with Crippen LogP contribution in [0, 0.1) is 5.41 Å². The Labute approximate surface area is 99.0 Å². The molecule has 1 N–H and O–H groups in total. The minimum atomic E-state index is 0.411. The molecule has 0 aliphatic rings. The maximum absolute atomic E-state index is 3.50. The van der Waals surface area contributed by atoms with Crippen LogP contribution in [0.3, 0.4) is 0 Å². The molecule has 0 saturated heterocycles. The number of thiophene rings is 1. The van der Waals surface area contributed by atoms with Gasteiger partial charge in [0.1, 0.15) is 0 Å². The Bertz CT molecular complexity index is 281. The van der Waals surface area contributed by atoms with Gasteiger partial charge in [-0.25, -0.2) is 0 Å². The highest BCUT2D eigenvalue weighted by Crippen LogP contribution is 2.22. The van der Waals surface area contributed by atoms with Crippen molar-refractivity contribution >= 4 is 27.3 Å². The minimum Gasteiger partial charge on any atom is -0.311 e. The van der Waals surface area contributed by atoms with E-state index >= 15 is 0 Å². The molecule has 0 unspecified atom stereocenters. The number of hydrogen-bond acceptors (Lipinski definition) is 2. The van der Waals surface area contributed by atoms with E-state index in [4.69, 9.17) is 0 Å². The van der Waals surface area contributed by atoms with Gasteiger partial charge in [-0.2, -0.15) is 0 Å². The van der Waals surface area contributed by atoms with Crippen LogP contribution in [0.5, 0.6) is 0 Å². The van der Waals surface area contributed by atoms with Crippen molar-refractivity contribution < 1.29 is 0 Å². The third-order valence-electron chi connectivity index (χ3n) is 2.49. The van der Waals surface area contributed by atoms with Crippen LogP contribution in [-0.2, 0) is 6.54 Å². The van der Waals surface area contributed by atoms with Crippen LogP contribution in [-0.4, -0.2) is 6.54 Å².